The second kappa shape index (κ2) is 6.73. The number of fused-ring (bicyclic) bond motifs is 2. The van der Waals surface area contributed by atoms with E-state index in [4.69, 9.17) is 0 Å². The molecule has 1 aliphatic heterocycles. The molecule has 5 rings (SSSR count). The zero-order valence-corrected chi connectivity index (χ0v) is 16.0. The zero-order chi connectivity index (χ0) is 20.0. The first-order chi connectivity index (χ1) is 14.1. The Morgan fingerprint density at radius 1 is 0.966 bits per heavy atom. The number of hydrogen-bond donors (Lipinski definition) is 0. The number of amides is 1. The van der Waals surface area contributed by atoms with Gasteiger partial charge in [-0.25, -0.2) is 9.67 Å². The predicted molar refractivity (Wildman–Crippen MR) is 110 cm³/mol. The normalized spacial score (nSPS) is 14.7. The fraction of sp³-hybridized carbons (Fsp3) is 0.238. The van der Waals surface area contributed by atoms with E-state index in [2.05, 4.69) is 25.4 Å². The number of aromatic nitrogens is 4. The van der Waals surface area contributed by atoms with Gasteiger partial charge in [-0.3, -0.25) is 14.0 Å². The van der Waals surface area contributed by atoms with Gasteiger partial charge in [0.15, 0.2) is 5.69 Å². The zero-order valence-electron chi connectivity index (χ0n) is 16.0. The van der Waals surface area contributed by atoms with Crippen LogP contribution in [0.5, 0.6) is 0 Å². The number of benzene rings is 1. The van der Waals surface area contributed by atoms with Crippen molar-refractivity contribution in [2.75, 3.05) is 31.1 Å². The molecule has 0 aliphatic carbocycles. The summed E-state index contributed by atoms with van der Waals surface area (Å²) in [5.74, 6) is 0.926. The van der Waals surface area contributed by atoms with Gasteiger partial charge >= 0.3 is 0 Å². The number of aryl methyl sites for hydroxylation is 1. The van der Waals surface area contributed by atoms with Crippen molar-refractivity contribution in [2.45, 2.75) is 0 Å². The van der Waals surface area contributed by atoms with Gasteiger partial charge in [0.1, 0.15) is 11.5 Å². The van der Waals surface area contributed by atoms with E-state index in [0.717, 1.165) is 11.5 Å². The lowest BCUT2D eigenvalue weighted by Crippen LogP contribution is -2.49. The average molecular weight is 388 g/mol. The Morgan fingerprint density at radius 2 is 1.72 bits per heavy atom. The second-order valence-electron chi connectivity index (χ2n) is 7.14. The molecule has 0 atom stereocenters. The summed E-state index contributed by atoms with van der Waals surface area (Å²) in [5, 5.41) is 5.39. The second-order valence-corrected chi connectivity index (χ2v) is 7.14. The van der Waals surface area contributed by atoms with Gasteiger partial charge in [0.2, 0.25) is 0 Å². The number of pyridine rings is 1. The molecule has 8 nitrogen and oxygen atoms in total. The van der Waals surface area contributed by atoms with Crippen LogP contribution >= 0.6 is 0 Å². The number of carbonyl (C=O) groups is 1. The molecular formula is C21H20N6O2. The van der Waals surface area contributed by atoms with Crippen LogP contribution in [0.2, 0.25) is 0 Å². The van der Waals surface area contributed by atoms with Crippen LogP contribution in [-0.4, -0.2) is 56.2 Å². The van der Waals surface area contributed by atoms with Crippen LogP contribution < -0.4 is 10.5 Å². The SMILES string of the molecule is Cn1nc(C(=O)N2CCN(c3cccc4nccn34)CC2)c2ccccc2c1=O. The molecule has 3 aromatic heterocycles. The van der Waals surface area contributed by atoms with Gasteiger partial charge in [-0.1, -0.05) is 24.3 Å². The molecule has 0 spiro atoms. The number of hydrogen-bond acceptors (Lipinski definition) is 5. The van der Waals surface area contributed by atoms with E-state index < -0.39 is 0 Å². The summed E-state index contributed by atoms with van der Waals surface area (Å²) in [5.41, 5.74) is 1.03. The highest BCUT2D eigenvalue weighted by atomic mass is 16.2. The van der Waals surface area contributed by atoms with Crippen LogP contribution in [0.25, 0.3) is 16.4 Å². The number of imidazole rings is 1. The first-order valence-electron chi connectivity index (χ1n) is 9.56. The third-order valence-electron chi connectivity index (χ3n) is 5.46. The Bertz CT molecular complexity index is 1280. The van der Waals surface area contributed by atoms with Crippen LogP contribution in [0.3, 0.4) is 0 Å². The van der Waals surface area contributed by atoms with Crippen molar-refractivity contribution < 1.29 is 4.79 Å². The van der Waals surface area contributed by atoms with Crippen LogP contribution in [0.1, 0.15) is 10.5 Å². The highest BCUT2D eigenvalue weighted by Gasteiger charge is 2.26. The molecule has 146 valence electrons. The van der Waals surface area contributed by atoms with Gasteiger partial charge in [-0.15, -0.1) is 0 Å². The maximum atomic E-state index is 13.2. The summed E-state index contributed by atoms with van der Waals surface area (Å²) in [6, 6.07) is 13.2. The molecule has 4 aromatic rings. The standard InChI is InChI=1S/C21H20N6O2/c1-24-20(28)16-6-3-2-5-15(16)19(23-24)21(29)26-13-11-25(12-14-26)18-8-4-7-17-22-9-10-27(17)18/h2-10H,11-14H2,1H3. The molecular weight excluding hydrogens is 368 g/mol. The Balaban J connectivity index is 1.41. The molecule has 1 aromatic carbocycles. The van der Waals surface area contributed by atoms with E-state index in [1.54, 1.807) is 31.4 Å². The molecule has 4 heterocycles. The van der Waals surface area contributed by atoms with E-state index >= 15 is 0 Å². The third kappa shape index (κ3) is 2.84. The van der Waals surface area contributed by atoms with Crippen LogP contribution in [0.15, 0.2) is 59.7 Å². The summed E-state index contributed by atoms with van der Waals surface area (Å²) in [6.45, 7) is 2.60. The molecule has 0 bridgehead atoms. The third-order valence-corrected chi connectivity index (χ3v) is 5.46. The summed E-state index contributed by atoms with van der Waals surface area (Å²) in [4.78, 5) is 33.9. The molecule has 1 amide bonds. The van der Waals surface area contributed by atoms with Gasteiger partial charge in [0.05, 0.1) is 5.39 Å². The Kier molecular flexibility index (Phi) is 4.04. The molecule has 0 unspecified atom stereocenters. The Morgan fingerprint density at radius 3 is 2.52 bits per heavy atom. The molecule has 0 N–H and O–H groups in total. The molecule has 0 radical (unpaired) electrons. The first-order valence-corrected chi connectivity index (χ1v) is 9.56. The van der Waals surface area contributed by atoms with Crippen LogP contribution in [0.4, 0.5) is 5.82 Å². The van der Waals surface area contributed by atoms with Gasteiger partial charge in [0, 0.05) is 51.0 Å². The maximum Gasteiger partial charge on any atom is 0.275 e. The largest absolute Gasteiger partial charge is 0.354 e. The smallest absolute Gasteiger partial charge is 0.275 e. The van der Waals surface area contributed by atoms with Gasteiger partial charge in [0.25, 0.3) is 11.5 Å². The molecule has 29 heavy (non-hydrogen) atoms. The maximum absolute atomic E-state index is 13.2. The van der Waals surface area contributed by atoms with Gasteiger partial charge < -0.3 is 9.80 Å². The quantitative estimate of drug-likeness (QED) is 0.521. The summed E-state index contributed by atoms with van der Waals surface area (Å²) < 4.78 is 3.30. The summed E-state index contributed by atoms with van der Waals surface area (Å²) in [6.07, 6.45) is 3.73. The lowest BCUT2D eigenvalue weighted by atomic mass is 10.1. The van der Waals surface area contributed by atoms with Crippen molar-refractivity contribution in [2.24, 2.45) is 7.05 Å². The number of rotatable bonds is 2. The number of piperazine rings is 1. The van der Waals surface area contributed by atoms with Crippen LogP contribution in [0, 0.1) is 0 Å². The van der Waals surface area contributed by atoms with Crippen molar-refractivity contribution in [3.8, 4) is 0 Å². The highest BCUT2D eigenvalue weighted by molar-refractivity contribution is 6.04. The minimum atomic E-state index is -0.199. The first kappa shape index (κ1) is 17.4. The van der Waals surface area contributed by atoms with E-state index in [9.17, 15) is 9.59 Å². The monoisotopic (exact) mass is 388 g/mol. The lowest BCUT2D eigenvalue weighted by molar-refractivity contribution is 0.0740. The molecule has 1 aliphatic rings. The molecule has 1 saturated heterocycles. The minimum absolute atomic E-state index is 0.141. The van der Waals surface area contributed by atoms with Gasteiger partial charge in [-0.05, 0) is 18.2 Å². The van der Waals surface area contributed by atoms with E-state index in [1.165, 1.54) is 4.68 Å². The molecule has 1 fully saturated rings. The van der Waals surface area contributed by atoms with Crippen molar-refractivity contribution in [1.29, 1.82) is 0 Å². The van der Waals surface area contributed by atoms with Gasteiger partial charge in [-0.2, -0.15) is 5.10 Å². The number of anilines is 1. The average Bonchev–Trinajstić information content (AvgIpc) is 3.25. The highest BCUT2D eigenvalue weighted by Crippen LogP contribution is 2.20. The van der Waals surface area contributed by atoms with E-state index in [1.807, 2.05) is 29.3 Å². The fourth-order valence-corrected chi connectivity index (χ4v) is 3.94. The Labute approximate surface area is 166 Å². The fourth-order valence-electron chi connectivity index (χ4n) is 3.94. The lowest BCUT2D eigenvalue weighted by Gasteiger charge is -2.36. The molecule has 8 heteroatoms. The van der Waals surface area contributed by atoms with Crippen molar-refractivity contribution >= 4 is 28.1 Å². The topological polar surface area (TPSA) is 75.7 Å². The number of carbonyl (C=O) groups excluding carboxylic acids is 1. The van der Waals surface area contributed by atoms with Crippen molar-refractivity contribution in [1.82, 2.24) is 24.1 Å². The Hall–Kier alpha value is -3.68. The number of nitrogens with zero attached hydrogens (tertiary/aromatic N) is 6. The van der Waals surface area contributed by atoms with Crippen molar-refractivity contribution in [3.63, 3.8) is 0 Å². The summed E-state index contributed by atoms with van der Waals surface area (Å²) in [7, 11) is 1.58. The van der Waals surface area contributed by atoms with E-state index in [0.29, 0.717) is 42.6 Å². The minimum Gasteiger partial charge on any atom is -0.354 e. The van der Waals surface area contributed by atoms with Crippen molar-refractivity contribution in [3.05, 3.63) is 70.9 Å². The molecule has 0 saturated carbocycles. The van der Waals surface area contributed by atoms with E-state index in [-0.39, 0.29) is 11.5 Å². The predicted octanol–water partition coefficient (Wildman–Crippen LogP) is 1.54. The van der Waals surface area contributed by atoms with Crippen LogP contribution in [-0.2, 0) is 7.05 Å². The summed E-state index contributed by atoms with van der Waals surface area (Å²) >= 11 is 0.